The number of halogens is 2. The number of aryl methyl sites for hydroxylation is 1. The molecule has 1 amide bonds. The number of benzene rings is 1. The molecule has 2 aliphatic heterocycles. The Hall–Kier alpha value is -0.940. The number of nitrogens with one attached hydrogen (secondary N) is 2. The predicted octanol–water partition coefficient (Wildman–Crippen LogP) is 1.85. The van der Waals surface area contributed by atoms with Gasteiger partial charge in [-0.3, -0.25) is 10.2 Å². The van der Waals surface area contributed by atoms with Crippen molar-refractivity contribution < 1.29 is 18.3 Å². The minimum Gasteiger partial charge on any atom is -0.375 e. The van der Waals surface area contributed by atoms with Crippen molar-refractivity contribution in [3.8, 4) is 0 Å². The molecular formula is C19H28Cl2N4O4S. The van der Waals surface area contributed by atoms with Crippen LogP contribution in [0.5, 0.6) is 0 Å². The Labute approximate surface area is 187 Å². The number of anilines is 1. The van der Waals surface area contributed by atoms with Crippen LogP contribution in [-0.2, 0) is 14.8 Å². The van der Waals surface area contributed by atoms with Crippen LogP contribution < -0.4 is 10.7 Å². The van der Waals surface area contributed by atoms with Gasteiger partial charge >= 0.3 is 0 Å². The lowest BCUT2D eigenvalue weighted by atomic mass is 10.2. The summed E-state index contributed by atoms with van der Waals surface area (Å²) in [6, 6.07) is 4.74. The van der Waals surface area contributed by atoms with Crippen LogP contribution in [0.1, 0.15) is 31.2 Å². The summed E-state index contributed by atoms with van der Waals surface area (Å²) in [7, 11) is -3.62. The van der Waals surface area contributed by atoms with Gasteiger partial charge in [0.05, 0.1) is 22.2 Å². The molecule has 3 unspecified atom stereocenters. The summed E-state index contributed by atoms with van der Waals surface area (Å²) in [4.78, 5) is 12.7. The summed E-state index contributed by atoms with van der Waals surface area (Å²) in [5, 5.41) is 13.1. The van der Waals surface area contributed by atoms with Gasteiger partial charge in [-0.1, -0.05) is 18.9 Å². The van der Waals surface area contributed by atoms with E-state index in [4.69, 9.17) is 23.2 Å². The third-order valence-electron chi connectivity index (χ3n) is 5.44. The molecule has 30 heavy (non-hydrogen) atoms. The summed E-state index contributed by atoms with van der Waals surface area (Å²) in [5.41, 5.74) is 4.02. The van der Waals surface area contributed by atoms with Gasteiger partial charge < -0.3 is 10.4 Å². The highest BCUT2D eigenvalue weighted by Gasteiger charge is 2.35. The fourth-order valence-corrected chi connectivity index (χ4v) is 5.56. The van der Waals surface area contributed by atoms with Gasteiger partial charge in [0.15, 0.2) is 0 Å². The number of aliphatic hydroxyl groups is 1. The molecule has 11 heteroatoms. The number of alkyl halides is 2. The Morgan fingerprint density at radius 2 is 1.90 bits per heavy atom. The average molecular weight is 479 g/mol. The molecule has 2 saturated heterocycles. The van der Waals surface area contributed by atoms with Crippen molar-refractivity contribution in [2.45, 2.75) is 54.5 Å². The molecule has 1 aromatic carbocycles. The molecule has 0 bridgehead atoms. The average Bonchev–Trinajstić information content (AvgIpc) is 3.00. The maximum atomic E-state index is 13.1. The largest absolute Gasteiger partial charge is 0.375 e. The number of sulfonamides is 1. The molecule has 2 aliphatic rings. The van der Waals surface area contributed by atoms with E-state index in [0.29, 0.717) is 25.3 Å². The van der Waals surface area contributed by atoms with Crippen molar-refractivity contribution in [2.75, 3.05) is 31.5 Å². The van der Waals surface area contributed by atoms with Crippen LogP contribution in [0.4, 0.5) is 5.69 Å². The number of hydrazine groups is 1. The number of amides is 1. The van der Waals surface area contributed by atoms with Crippen LogP contribution in [0, 0.1) is 6.92 Å². The quantitative estimate of drug-likeness (QED) is 0.558. The summed E-state index contributed by atoms with van der Waals surface area (Å²) >= 11 is 12.1. The minimum atomic E-state index is -3.62. The van der Waals surface area contributed by atoms with Crippen LogP contribution in [0.3, 0.4) is 0 Å². The zero-order valence-corrected chi connectivity index (χ0v) is 19.2. The number of hydrogen-bond donors (Lipinski definition) is 3. The van der Waals surface area contributed by atoms with Gasteiger partial charge in [0.1, 0.15) is 6.23 Å². The molecule has 3 rings (SSSR count). The van der Waals surface area contributed by atoms with E-state index < -0.39 is 32.9 Å². The van der Waals surface area contributed by atoms with Crippen molar-refractivity contribution in [2.24, 2.45) is 0 Å². The number of aliphatic hydroxyl groups excluding tert-OH is 1. The number of hydrogen-bond acceptors (Lipinski definition) is 6. The molecule has 2 fully saturated rings. The van der Waals surface area contributed by atoms with E-state index >= 15 is 0 Å². The maximum absolute atomic E-state index is 13.1. The third-order valence-corrected chi connectivity index (χ3v) is 8.42. The molecular weight excluding hydrogens is 451 g/mol. The fraction of sp³-hybridized carbons (Fsp3) is 0.632. The second-order valence-electron chi connectivity index (χ2n) is 7.71. The third kappa shape index (κ3) is 5.45. The molecule has 3 N–H and O–H groups in total. The van der Waals surface area contributed by atoms with E-state index in [1.807, 2.05) is 0 Å². The maximum Gasteiger partial charge on any atom is 0.243 e. The molecule has 0 radical (unpaired) electrons. The van der Waals surface area contributed by atoms with Crippen molar-refractivity contribution in [1.29, 1.82) is 0 Å². The summed E-state index contributed by atoms with van der Waals surface area (Å²) < 4.78 is 27.6. The van der Waals surface area contributed by atoms with Gasteiger partial charge in [0.2, 0.25) is 15.9 Å². The number of nitrogens with zero attached hydrogens (tertiary/aromatic N) is 2. The molecule has 0 aromatic heterocycles. The monoisotopic (exact) mass is 478 g/mol. The van der Waals surface area contributed by atoms with E-state index in [1.54, 1.807) is 19.1 Å². The predicted molar refractivity (Wildman–Crippen MR) is 117 cm³/mol. The minimum absolute atomic E-state index is 0.159. The van der Waals surface area contributed by atoms with Crippen molar-refractivity contribution >= 4 is 44.8 Å². The summed E-state index contributed by atoms with van der Waals surface area (Å²) in [5.74, 6) is -0.411. The Balaban J connectivity index is 1.71. The highest BCUT2D eigenvalue weighted by atomic mass is 35.5. The topological polar surface area (TPSA) is 102 Å². The van der Waals surface area contributed by atoms with Gasteiger partial charge in [0, 0.05) is 25.3 Å². The smallest absolute Gasteiger partial charge is 0.243 e. The van der Waals surface area contributed by atoms with E-state index in [-0.39, 0.29) is 11.4 Å². The lowest BCUT2D eigenvalue weighted by Crippen LogP contribution is -2.61. The first kappa shape index (κ1) is 23.7. The SMILES string of the molecule is Cc1ccc(S(=O)(=O)N2CCCCCC2)cc1NC(=O)CN1NCC(Cl)C(Cl)C1O. The summed E-state index contributed by atoms with van der Waals surface area (Å²) in [6.45, 7) is 2.97. The molecule has 0 aliphatic carbocycles. The van der Waals surface area contributed by atoms with E-state index in [2.05, 4.69) is 10.7 Å². The Bertz CT molecular complexity index is 862. The number of carbonyl (C=O) groups excluding carboxylic acids is 1. The van der Waals surface area contributed by atoms with E-state index in [9.17, 15) is 18.3 Å². The standard InChI is InChI=1S/C19H28Cl2N4O4S/c1-13-6-7-14(30(28,29)24-8-4-2-3-5-9-24)10-16(13)23-17(26)12-25-19(27)18(21)15(20)11-22-25/h6-7,10,15,18-19,22,27H,2-5,8-9,11-12H2,1H3,(H,23,26). The second-order valence-corrected chi connectivity index (χ2v) is 10.7. The lowest BCUT2D eigenvalue weighted by Gasteiger charge is -2.37. The molecule has 1 aromatic rings. The second kappa shape index (κ2) is 10.1. The normalized spacial score (nSPS) is 26.9. The Morgan fingerprint density at radius 3 is 2.57 bits per heavy atom. The van der Waals surface area contributed by atoms with Gasteiger partial charge in [0.25, 0.3) is 0 Å². The zero-order chi connectivity index (χ0) is 21.9. The van der Waals surface area contributed by atoms with E-state index in [0.717, 1.165) is 31.2 Å². The molecule has 3 atom stereocenters. The van der Waals surface area contributed by atoms with Gasteiger partial charge in [-0.15, -0.1) is 23.2 Å². The highest BCUT2D eigenvalue weighted by Crippen LogP contribution is 2.25. The highest BCUT2D eigenvalue weighted by molar-refractivity contribution is 7.89. The van der Waals surface area contributed by atoms with Crippen molar-refractivity contribution in [3.63, 3.8) is 0 Å². The van der Waals surface area contributed by atoms with Crippen molar-refractivity contribution in [1.82, 2.24) is 14.7 Å². The molecule has 8 nitrogen and oxygen atoms in total. The first-order valence-corrected chi connectivity index (χ1v) is 12.4. The Kier molecular flexibility index (Phi) is 8.00. The van der Waals surface area contributed by atoms with Crippen LogP contribution in [0.2, 0.25) is 0 Å². The molecule has 168 valence electrons. The lowest BCUT2D eigenvalue weighted by molar-refractivity contribution is -0.124. The number of carbonyl (C=O) groups is 1. The number of rotatable bonds is 5. The van der Waals surface area contributed by atoms with Crippen LogP contribution in [0.25, 0.3) is 0 Å². The summed E-state index contributed by atoms with van der Waals surface area (Å²) in [6.07, 6.45) is 2.65. The van der Waals surface area contributed by atoms with Gasteiger partial charge in [-0.25, -0.2) is 13.4 Å². The van der Waals surface area contributed by atoms with Gasteiger partial charge in [-0.2, -0.15) is 4.31 Å². The van der Waals surface area contributed by atoms with E-state index in [1.165, 1.54) is 15.4 Å². The van der Waals surface area contributed by atoms with Gasteiger partial charge in [-0.05, 0) is 37.5 Å². The molecule has 2 heterocycles. The zero-order valence-electron chi connectivity index (χ0n) is 16.9. The van der Waals surface area contributed by atoms with Crippen LogP contribution in [0.15, 0.2) is 23.1 Å². The molecule has 0 spiro atoms. The first-order valence-electron chi connectivity index (χ1n) is 10.1. The van der Waals surface area contributed by atoms with Crippen LogP contribution >= 0.6 is 23.2 Å². The molecule has 0 saturated carbocycles. The first-order chi connectivity index (χ1) is 14.2. The van der Waals surface area contributed by atoms with Crippen molar-refractivity contribution in [3.05, 3.63) is 23.8 Å². The Morgan fingerprint density at radius 1 is 1.23 bits per heavy atom. The fourth-order valence-electron chi connectivity index (χ4n) is 3.59. The van der Waals surface area contributed by atoms with Crippen LogP contribution in [-0.4, -0.2) is 71.9 Å².